The number of thiazole rings is 1. The van der Waals surface area contributed by atoms with E-state index in [9.17, 15) is 14.7 Å². The van der Waals surface area contributed by atoms with Crippen LogP contribution in [0.5, 0.6) is 0 Å². The predicted octanol–water partition coefficient (Wildman–Crippen LogP) is -0.686. The normalized spacial score (nSPS) is 23.3. The first-order valence-electron chi connectivity index (χ1n) is 5.37. The molecule has 1 aliphatic heterocycles. The fourth-order valence-electron chi connectivity index (χ4n) is 1.98. The van der Waals surface area contributed by atoms with Gasteiger partial charge < -0.3 is 20.8 Å². The molecule has 2 rings (SSSR count). The first-order valence-corrected chi connectivity index (χ1v) is 6.25. The van der Waals surface area contributed by atoms with Crippen LogP contribution in [-0.2, 0) is 16.0 Å². The molecule has 1 aromatic heterocycles. The Balaban J connectivity index is 2.06. The summed E-state index contributed by atoms with van der Waals surface area (Å²) in [5, 5.41) is 20.5. The minimum Gasteiger partial charge on any atom is -0.480 e. The number of β-amino-alcohol motifs (C(OH)–C–C–N with tert-alkyl or cyclic N) is 1. The maximum Gasteiger partial charge on any atom is 0.326 e. The molecule has 0 aliphatic carbocycles. The lowest BCUT2D eigenvalue weighted by atomic mass is 10.2. The van der Waals surface area contributed by atoms with Gasteiger partial charge in [-0.1, -0.05) is 0 Å². The summed E-state index contributed by atoms with van der Waals surface area (Å²) in [5.74, 6) is -1.46. The van der Waals surface area contributed by atoms with Gasteiger partial charge in [0.25, 0.3) is 0 Å². The minimum atomic E-state index is -1.10. The zero-order chi connectivity index (χ0) is 13.3. The Hall–Kier alpha value is -1.67. The maximum atomic E-state index is 12.0. The fraction of sp³-hybridized carbons (Fsp3) is 0.500. The van der Waals surface area contributed by atoms with Gasteiger partial charge in [0.15, 0.2) is 5.13 Å². The lowest BCUT2D eigenvalue weighted by Gasteiger charge is -2.20. The summed E-state index contributed by atoms with van der Waals surface area (Å²) < 4.78 is 0. The van der Waals surface area contributed by atoms with Crippen molar-refractivity contribution >= 4 is 28.3 Å². The number of nitrogens with zero attached hydrogens (tertiary/aromatic N) is 2. The van der Waals surface area contributed by atoms with Crippen molar-refractivity contribution in [2.75, 3.05) is 12.3 Å². The van der Waals surface area contributed by atoms with Crippen molar-refractivity contribution in [3.8, 4) is 0 Å². The Morgan fingerprint density at radius 3 is 2.89 bits per heavy atom. The number of carboxylic acid groups (broad SMARTS) is 1. The molecule has 7 nitrogen and oxygen atoms in total. The molecule has 98 valence electrons. The molecule has 1 aliphatic rings. The molecule has 1 saturated heterocycles. The SMILES string of the molecule is Nc1nc(CC(=O)N2C[C@@H](O)C[C@H]2C(=O)O)cs1. The van der Waals surface area contributed by atoms with Gasteiger partial charge in [0.2, 0.25) is 5.91 Å². The Morgan fingerprint density at radius 2 is 2.33 bits per heavy atom. The molecule has 0 spiro atoms. The highest BCUT2D eigenvalue weighted by atomic mass is 32.1. The van der Waals surface area contributed by atoms with Crippen LogP contribution in [0.3, 0.4) is 0 Å². The van der Waals surface area contributed by atoms with Crippen LogP contribution in [0.25, 0.3) is 0 Å². The fourth-order valence-corrected chi connectivity index (χ4v) is 2.55. The molecular formula is C10H13N3O4S. The lowest BCUT2D eigenvalue weighted by Crippen LogP contribution is -2.41. The van der Waals surface area contributed by atoms with E-state index in [1.807, 2.05) is 0 Å². The number of likely N-dealkylation sites (tertiary alicyclic amines) is 1. The van der Waals surface area contributed by atoms with E-state index in [0.29, 0.717) is 10.8 Å². The van der Waals surface area contributed by atoms with Crippen LogP contribution >= 0.6 is 11.3 Å². The van der Waals surface area contributed by atoms with E-state index in [-0.39, 0.29) is 25.3 Å². The zero-order valence-corrected chi connectivity index (χ0v) is 10.3. The second-order valence-electron chi connectivity index (χ2n) is 4.14. The molecule has 8 heteroatoms. The summed E-state index contributed by atoms with van der Waals surface area (Å²) in [7, 11) is 0. The summed E-state index contributed by atoms with van der Waals surface area (Å²) >= 11 is 1.23. The topological polar surface area (TPSA) is 117 Å². The summed E-state index contributed by atoms with van der Waals surface area (Å²) in [6.07, 6.45) is -0.708. The smallest absolute Gasteiger partial charge is 0.326 e. The second kappa shape index (κ2) is 4.91. The van der Waals surface area contributed by atoms with E-state index in [4.69, 9.17) is 10.8 Å². The Labute approximate surface area is 107 Å². The van der Waals surface area contributed by atoms with Crippen LogP contribution in [0.4, 0.5) is 5.13 Å². The number of carbonyl (C=O) groups is 2. The van der Waals surface area contributed by atoms with Crippen molar-refractivity contribution in [1.29, 1.82) is 0 Å². The molecule has 0 bridgehead atoms. The number of hydrogen-bond donors (Lipinski definition) is 3. The van der Waals surface area contributed by atoms with E-state index in [1.54, 1.807) is 5.38 Å². The number of aliphatic carboxylic acids is 1. The third-order valence-electron chi connectivity index (χ3n) is 2.79. The molecular weight excluding hydrogens is 258 g/mol. The molecule has 1 fully saturated rings. The summed E-state index contributed by atoms with van der Waals surface area (Å²) in [4.78, 5) is 28.1. The number of hydrogen-bond acceptors (Lipinski definition) is 6. The summed E-state index contributed by atoms with van der Waals surface area (Å²) in [6, 6.07) is -0.955. The van der Waals surface area contributed by atoms with Crippen LogP contribution in [-0.4, -0.2) is 50.7 Å². The predicted molar refractivity (Wildman–Crippen MR) is 64.0 cm³/mol. The molecule has 4 N–H and O–H groups in total. The summed E-state index contributed by atoms with van der Waals surface area (Å²) in [5.41, 5.74) is 5.98. The first-order chi connectivity index (χ1) is 8.47. The number of aliphatic hydroxyl groups is 1. The van der Waals surface area contributed by atoms with E-state index >= 15 is 0 Å². The number of carboxylic acids is 1. The quantitative estimate of drug-likeness (QED) is 0.670. The minimum absolute atomic E-state index is 0.00417. The van der Waals surface area contributed by atoms with Gasteiger partial charge in [0.05, 0.1) is 18.2 Å². The Kier molecular flexibility index (Phi) is 3.48. The molecule has 1 aromatic rings. The van der Waals surface area contributed by atoms with Gasteiger partial charge in [-0.3, -0.25) is 4.79 Å². The van der Waals surface area contributed by atoms with E-state index < -0.39 is 18.1 Å². The van der Waals surface area contributed by atoms with Crippen LogP contribution in [0.2, 0.25) is 0 Å². The number of carbonyl (C=O) groups excluding carboxylic acids is 1. The number of amides is 1. The molecule has 0 aromatic carbocycles. The van der Waals surface area contributed by atoms with Crippen molar-refractivity contribution in [2.45, 2.75) is 25.0 Å². The van der Waals surface area contributed by atoms with Gasteiger partial charge in [-0.2, -0.15) is 0 Å². The van der Waals surface area contributed by atoms with Crippen molar-refractivity contribution in [1.82, 2.24) is 9.88 Å². The van der Waals surface area contributed by atoms with Crippen molar-refractivity contribution in [2.24, 2.45) is 0 Å². The molecule has 1 amide bonds. The van der Waals surface area contributed by atoms with E-state index in [0.717, 1.165) is 0 Å². The Morgan fingerprint density at radius 1 is 1.61 bits per heavy atom. The highest BCUT2D eigenvalue weighted by Crippen LogP contribution is 2.20. The number of anilines is 1. The van der Waals surface area contributed by atoms with Gasteiger partial charge in [0.1, 0.15) is 6.04 Å². The first kappa shape index (κ1) is 12.8. The molecule has 2 atom stereocenters. The molecule has 0 saturated carbocycles. The van der Waals surface area contributed by atoms with Crippen LogP contribution in [0.1, 0.15) is 12.1 Å². The van der Waals surface area contributed by atoms with Crippen LogP contribution in [0, 0.1) is 0 Å². The molecule has 0 unspecified atom stereocenters. The number of nitrogen functional groups attached to an aromatic ring is 1. The average Bonchev–Trinajstić information content (AvgIpc) is 2.85. The highest BCUT2D eigenvalue weighted by Gasteiger charge is 2.38. The van der Waals surface area contributed by atoms with Crippen molar-refractivity contribution < 1.29 is 19.8 Å². The third-order valence-corrected chi connectivity index (χ3v) is 3.51. The van der Waals surface area contributed by atoms with E-state index in [2.05, 4.69) is 4.98 Å². The summed E-state index contributed by atoms with van der Waals surface area (Å²) in [6.45, 7) is 0.0510. The largest absolute Gasteiger partial charge is 0.480 e. The average molecular weight is 271 g/mol. The molecule has 2 heterocycles. The highest BCUT2D eigenvalue weighted by molar-refractivity contribution is 7.13. The van der Waals surface area contributed by atoms with Crippen LogP contribution in [0.15, 0.2) is 5.38 Å². The van der Waals surface area contributed by atoms with Crippen LogP contribution < -0.4 is 5.73 Å². The van der Waals surface area contributed by atoms with Gasteiger partial charge in [0, 0.05) is 18.3 Å². The zero-order valence-electron chi connectivity index (χ0n) is 9.44. The third kappa shape index (κ3) is 2.59. The Bertz CT molecular complexity index is 475. The number of rotatable bonds is 3. The van der Waals surface area contributed by atoms with E-state index in [1.165, 1.54) is 16.2 Å². The number of aromatic nitrogens is 1. The van der Waals surface area contributed by atoms with Gasteiger partial charge >= 0.3 is 5.97 Å². The maximum absolute atomic E-state index is 12.0. The van der Waals surface area contributed by atoms with Gasteiger partial charge in [-0.25, -0.2) is 9.78 Å². The number of nitrogens with two attached hydrogens (primary N) is 1. The van der Waals surface area contributed by atoms with Gasteiger partial charge in [-0.15, -0.1) is 11.3 Å². The second-order valence-corrected chi connectivity index (χ2v) is 5.03. The standard InChI is InChI=1S/C10H13N3O4S/c11-10-12-5(4-18-10)1-8(15)13-3-6(14)2-7(13)9(16)17/h4,6-7,14H,1-3H2,(H2,11,12)(H,16,17)/t6-,7-/m0/s1. The van der Waals surface area contributed by atoms with Crippen molar-refractivity contribution in [3.63, 3.8) is 0 Å². The molecule has 18 heavy (non-hydrogen) atoms. The van der Waals surface area contributed by atoms with Crippen molar-refractivity contribution in [3.05, 3.63) is 11.1 Å². The monoisotopic (exact) mass is 271 g/mol. The lowest BCUT2D eigenvalue weighted by molar-refractivity contribution is -0.148. The molecule has 0 radical (unpaired) electrons. The van der Waals surface area contributed by atoms with Gasteiger partial charge in [-0.05, 0) is 0 Å². The number of aliphatic hydroxyl groups excluding tert-OH is 1.